The first kappa shape index (κ1) is 25.1. The van der Waals surface area contributed by atoms with Crippen molar-refractivity contribution in [2.75, 3.05) is 6.54 Å². The van der Waals surface area contributed by atoms with Gasteiger partial charge < -0.3 is 10.3 Å². The number of nitrogens with zero attached hydrogens (tertiary/aromatic N) is 5. The molecule has 1 aromatic carbocycles. The van der Waals surface area contributed by atoms with Crippen molar-refractivity contribution in [3.8, 4) is 22.8 Å². The van der Waals surface area contributed by atoms with E-state index >= 15 is 0 Å². The Kier molecular flexibility index (Phi) is 7.07. The molecule has 0 radical (unpaired) electrons. The van der Waals surface area contributed by atoms with Crippen molar-refractivity contribution in [1.29, 1.82) is 0 Å². The number of fused-ring (bicyclic) bond motifs is 2. The highest BCUT2D eigenvalue weighted by Crippen LogP contribution is 2.30. The van der Waals surface area contributed by atoms with Crippen LogP contribution in [0.25, 0.3) is 50.4 Å². The average molecular weight is 525 g/mol. The van der Waals surface area contributed by atoms with Crippen LogP contribution in [0.15, 0.2) is 110 Å². The van der Waals surface area contributed by atoms with Gasteiger partial charge in [-0.3, -0.25) is 15.1 Å². The summed E-state index contributed by atoms with van der Waals surface area (Å²) in [5.74, 6) is 0.624. The fourth-order valence-corrected chi connectivity index (χ4v) is 4.62. The highest BCUT2D eigenvalue weighted by Gasteiger charge is 2.17. The Balaban J connectivity index is 1.31. The molecule has 0 saturated carbocycles. The minimum absolute atomic E-state index is 0.624. The van der Waals surface area contributed by atoms with Crippen molar-refractivity contribution in [3.63, 3.8) is 0 Å². The van der Waals surface area contributed by atoms with Crippen molar-refractivity contribution in [2.24, 2.45) is 0 Å². The van der Waals surface area contributed by atoms with Crippen LogP contribution in [0, 0.1) is 0 Å². The van der Waals surface area contributed by atoms with Crippen LogP contribution < -0.4 is 5.32 Å². The van der Waals surface area contributed by atoms with Gasteiger partial charge in [-0.2, -0.15) is 5.10 Å². The van der Waals surface area contributed by atoms with Gasteiger partial charge in [0.1, 0.15) is 11.0 Å². The van der Waals surface area contributed by atoms with E-state index in [1.54, 1.807) is 18.6 Å². The number of benzene rings is 1. The quantitative estimate of drug-likeness (QED) is 0.193. The molecule has 0 atom stereocenters. The van der Waals surface area contributed by atoms with E-state index in [-0.39, 0.29) is 0 Å². The van der Waals surface area contributed by atoms with Crippen LogP contribution in [0.2, 0.25) is 0 Å². The van der Waals surface area contributed by atoms with E-state index in [4.69, 9.17) is 9.97 Å². The summed E-state index contributed by atoms with van der Waals surface area (Å²) in [7, 11) is 0. The average Bonchev–Trinajstić information content (AvgIpc) is 3.63. The van der Waals surface area contributed by atoms with Gasteiger partial charge in [0.2, 0.25) is 0 Å². The number of rotatable bonds is 9. The number of aromatic amines is 2. The third-order valence-corrected chi connectivity index (χ3v) is 6.68. The van der Waals surface area contributed by atoms with Gasteiger partial charge in [-0.05, 0) is 60.0 Å². The van der Waals surface area contributed by atoms with E-state index in [0.717, 1.165) is 56.7 Å². The van der Waals surface area contributed by atoms with E-state index in [0.29, 0.717) is 18.1 Å². The number of nitrogens with one attached hydrogen (secondary N) is 3. The molecule has 3 N–H and O–H groups in total. The normalized spacial score (nSPS) is 12.3. The predicted octanol–water partition coefficient (Wildman–Crippen LogP) is 6.26. The van der Waals surface area contributed by atoms with E-state index in [9.17, 15) is 0 Å². The maximum Gasteiger partial charge on any atom is 0.161 e. The molecule has 0 aliphatic rings. The third-order valence-electron chi connectivity index (χ3n) is 6.68. The SMILES string of the molecule is C=C/C(=C\C(=C/C)c1ccc2[nH]nc(-c3nc4c(-c5cccnc5)nccc4[nH]3)c2n1)CNCc1ccccc1. The Labute approximate surface area is 231 Å². The molecule has 40 heavy (non-hydrogen) atoms. The Morgan fingerprint density at radius 2 is 1.80 bits per heavy atom. The maximum atomic E-state index is 5.00. The van der Waals surface area contributed by atoms with Crippen molar-refractivity contribution in [2.45, 2.75) is 13.5 Å². The van der Waals surface area contributed by atoms with Gasteiger partial charge in [0.05, 0.1) is 22.4 Å². The Hall–Kier alpha value is -5.21. The molecule has 0 aliphatic carbocycles. The number of hydrogen-bond acceptors (Lipinski definition) is 6. The number of pyridine rings is 3. The van der Waals surface area contributed by atoms with Crippen molar-refractivity contribution >= 4 is 27.6 Å². The van der Waals surface area contributed by atoms with Crippen LogP contribution in [-0.4, -0.2) is 41.7 Å². The fraction of sp³-hybridized carbons (Fsp3) is 0.0938. The molecule has 0 spiro atoms. The molecular weight excluding hydrogens is 496 g/mol. The minimum Gasteiger partial charge on any atom is -0.336 e. The lowest BCUT2D eigenvalue weighted by atomic mass is 10.1. The van der Waals surface area contributed by atoms with Crippen LogP contribution in [-0.2, 0) is 6.54 Å². The van der Waals surface area contributed by atoms with Crippen LogP contribution in [0.1, 0.15) is 18.2 Å². The first-order valence-electron chi connectivity index (χ1n) is 13.1. The summed E-state index contributed by atoms with van der Waals surface area (Å²) in [6.45, 7) is 7.52. The fourth-order valence-electron chi connectivity index (χ4n) is 4.62. The number of allylic oxidation sites excluding steroid dienone is 3. The van der Waals surface area contributed by atoms with Crippen molar-refractivity contribution in [1.82, 2.24) is 40.4 Å². The third kappa shape index (κ3) is 5.08. The second-order valence-corrected chi connectivity index (χ2v) is 9.30. The lowest BCUT2D eigenvalue weighted by Gasteiger charge is -2.08. The molecule has 5 heterocycles. The Morgan fingerprint density at radius 1 is 0.925 bits per heavy atom. The Morgan fingerprint density at radius 3 is 2.60 bits per heavy atom. The zero-order chi connectivity index (χ0) is 27.3. The number of hydrogen-bond donors (Lipinski definition) is 3. The summed E-state index contributed by atoms with van der Waals surface area (Å²) in [5, 5.41) is 11.2. The number of aromatic nitrogens is 7. The van der Waals surface area contributed by atoms with Crippen LogP contribution in [0.4, 0.5) is 0 Å². The molecular formula is C32H28N8. The molecule has 8 nitrogen and oxygen atoms in total. The molecule has 5 aromatic heterocycles. The van der Waals surface area contributed by atoms with Crippen molar-refractivity contribution in [3.05, 3.63) is 121 Å². The summed E-state index contributed by atoms with van der Waals surface area (Å²) in [5.41, 5.74) is 9.67. The van der Waals surface area contributed by atoms with Crippen LogP contribution >= 0.6 is 0 Å². The number of H-pyrrole nitrogens is 2. The molecule has 0 bridgehead atoms. The molecule has 6 aromatic rings. The summed E-state index contributed by atoms with van der Waals surface area (Å²) < 4.78 is 0. The lowest BCUT2D eigenvalue weighted by molar-refractivity contribution is 0.747. The molecule has 0 amide bonds. The zero-order valence-corrected chi connectivity index (χ0v) is 22.1. The highest BCUT2D eigenvalue weighted by molar-refractivity contribution is 5.95. The number of imidazole rings is 1. The molecule has 0 unspecified atom stereocenters. The van der Waals surface area contributed by atoms with Gasteiger partial charge in [-0.25, -0.2) is 9.97 Å². The van der Waals surface area contributed by atoms with Gasteiger partial charge in [-0.1, -0.05) is 49.1 Å². The summed E-state index contributed by atoms with van der Waals surface area (Å²) in [6.07, 6.45) is 11.3. The molecule has 0 saturated heterocycles. The van der Waals surface area contributed by atoms with Gasteiger partial charge in [0.25, 0.3) is 0 Å². The standard InChI is InChI=1S/C32H28N8/c1-3-21(18-34-19-22-9-6-5-7-10-22)17-23(4-2)25-12-13-27-30(36-25)31(40-39-27)32-37-26-14-16-35-28(29(26)38-32)24-11-8-15-33-20-24/h3-17,20,34H,1,18-19H2,2H3,(H,37,38)(H,39,40)/b21-17+,23-4+. The van der Waals surface area contributed by atoms with E-state index in [1.807, 2.05) is 61.5 Å². The topological polar surface area (TPSA) is 108 Å². The largest absolute Gasteiger partial charge is 0.336 e. The maximum absolute atomic E-state index is 5.00. The van der Waals surface area contributed by atoms with Crippen molar-refractivity contribution < 1.29 is 0 Å². The first-order chi connectivity index (χ1) is 19.7. The van der Waals surface area contributed by atoms with Gasteiger partial charge in [0.15, 0.2) is 11.5 Å². The lowest BCUT2D eigenvalue weighted by Crippen LogP contribution is -2.16. The van der Waals surface area contributed by atoms with Gasteiger partial charge in [0, 0.05) is 37.2 Å². The van der Waals surface area contributed by atoms with Gasteiger partial charge >= 0.3 is 0 Å². The highest BCUT2D eigenvalue weighted by atomic mass is 15.2. The van der Waals surface area contributed by atoms with E-state index in [1.165, 1.54) is 5.56 Å². The van der Waals surface area contributed by atoms with Crippen LogP contribution in [0.3, 0.4) is 0 Å². The van der Waals surface area contributed by atoms with E-state index in [2.05, 4.69) is 61.3 Å². The Bertz CT molecular complexity index is 1850. The monoisotopic (exact) mass is 524 g/mol. The molecule has 0 fully saturated rings. The smallest absolute Gasteiger partial charge is 0.161 e. The minimum atomic E-state index is 0.624. The molecule has 196 valence electrons. The van der Waals surface area contributed by atoms with Crippen LogP contribution in [0.5, 0.6) is 0 Å². The second-order valence-electron chi connectivity index (χ2n) is 9.30. The predicted molar refractivity (Wildman–Crippen MR) is 160 cm³/mol. The summed E-state index contributed by atoms with van der Waals surface area (Å²) in [6, 6.07) is 20.1. The molecule has 0 aliphatic heterocycles. The summed E-state index contributed by atoms with van der Waals surface area (Å²) >= 11 is 0. The second kappa shape index (κ2) is 11.3. The van der Waals surface area contributed by atoms with Gasteiger partial charge in [-0.15, -0.1) is 0 Å². The molecule has 8 heteroatoms. The summed E-state index contributed by atoms with van der Waals surface area (Å²) in [4.78, 5) is 22.1. The van der Waals surface area contributed by atoms with E-state index < -0.39 is 0 Å². The molecule has 6 rings (SSSR count). The zero-order valence-electron chi connectivity index (χ0n) is 22.1. The first-order valence-corrected chi connectivity index (χ1v) is 13.1.